The molecule has 1 saturated heterocycles. The fraction of sp³-hybridized carbons (Fsp3) is 0.360. The van der Waals surface area contributed by atoms with Crippen molar-refractivity contribution in [3.8, 4) is 22.6 Å². The lowest BCUT2D eigenvalue weighted by Gasteiger charge is -2.31. The van der Waals surface area contributed by atoms with Crippen molar-refractivity contribution in [2.45, 2.75) is 31.1 Å². The summed E-state index contributed by atoms with van der Waals surface area (Å²) >= 11 is 0.940. The Morgan fingerprint density at radius 1 is 1.00 bits per heavy atom. The summed E-state index contributed by atoms with van der Waals surface area (Å²) in [6.45, 7) is 0.296. The largest absolute Gasteiger partial charge is 0.454 e. The van der Waals surface area contributed by atoms with E-state index in [1.165, 1.54) is 31.2 Å². The number of hydrogen-bond acceptors (Lipinski definition) is 5. The molecule has 2 aromatic rings. The van der Waals surface area contributed by atoms with Gasteiger partial charge in [0.1, 0.15) is 0 Å². The minimum Gasteiger partial charge on any atom is -0.454 e. The first kappa shape index (κ1) is 17.9. The van der Waals surface area contributed by atoms with E-state index in [9.17, 15) is 9.59 Å². The van der Waals surface area contributed by atoms with Crippen molar-refractivity contribution in [1.29, 1.82) is 0 Å². The van der Waals surface area contributed by atoms with Gasteiger partial charge in [0.25, 0.3) is 11.1 Å². The number of benzene rings is 2. The average Bonchev–Trinajstić information content (AvgIpc) is 3.57. The number of carbonyl (C=O) groups excluding carboxylic acids is 2. The molecule has 0 aromatic heterocycles. The van der Waals surface area contributed by atoms with E-state index in [1.54, 1.807) is 6.08 Å². The van der Waals surface area contributed by atoms with Gasteiger partial charge in [0.15, 0.2) is 11.5 Å². The van der Waals surface area contributed by atoms with Gasteiger partial charge in [0.2, 0.25) is 6.79 Å². The summed E-state index contributed by atoms with van der Waals surface area (Å²) in [6, 6.07) is 12.5. The van der Waals surface area contributed by atoms with E-state index in [2.05, 4.69) is 29.6 Å². The number of nitrogens with one attached hydrogen (secondary N) is 1. The number of amides is 2. The van der Waals surface area contributed by atoms with Crippen molar-refractivity contribution in [2.75, 3.05) is 6.79 Å². The van der Waals surface area contributed by atoms with Crippen molar-refractivity contribution in [3.63, 3.8) is 0 Å². The topological polar surface area (TPSA) is 64.6 Å². The molecule has 0 spiro atoms. The molecule has 2 unspecified atom stereocenters. The predicted molar refractivity (Wildman–Crippen MR) is 118 cm³/mol. The monoisotopic (exact) mass is 431 g/mol. The Morgan fingerprint density at radius 2 is 1.77 bits per heavy atom. The van der Waals surface area contributed by atoms with Gasteiger partial charge in [-0.3, -0.25) is 14.9 Å². The van der Waals surface area contributed by atoms with Crippen LogP contribution >= 0.6 is 11.8 Å². The van der Waals surface area contributed by atoms with Crippen LogP contribution in [0.3, 0.4) is 0 Å². The lowest BCUT2D eigenvalue weighted by molar-refractivity contribution is -0.115. The molecule has 4 aliphatic carbocycles. The van der Waals surface area contributed by atoms with Gasteiger partial charge in [-0.05, 0) is 90.1 Å². The maximum Gasteiger partial charge on any atom is 0.290 e. The van der Waals surface area contributed by atoms with E-state index in [0.29, 0.717) is 11.7 Å². The molecule has 2 aliphatic heterocycles. The lowest BCUT2D eigenvalue weighted by atomic mass is 9.73. The van der Waals surface area contributed by atoms with Gasteiger partial charge in [-0.15, -0.1) is 0 Å². The molecule has 1 N–H and O–H groups in total. The van der Waals surface area contributed by atoms with Gasteiger partial charge in [-0.1, -0.05) is 24.3 Å². The molecule has 6 heteroatoms. The van der Waals surface area contributed by atoms with Crippen LogP contribution in [0.15, 0.2) is 41.3 Å². The fourth-order valence-corrected chi connectivity index (χ4v) is 7.53. The second-order valence-corrected chi connectivity index (χ2v) is 10.5. The van der Waals surface area contributed by atoms with Crippen molar-refractivity contribution < 1.29 is 19.1 Å². The first-order chi connectivity index (χ1) is 15.1. The number of ether oxygens (including phenoxy) is 2. The molecule has 31 heavy (non-hydrogen) atoms. The Bertz CT molecular complexity index is 1170. The first-order valence-corrected chi connectivity index (χ1v) is 11.7. The van der Waals surface area contributed by atoms with Crippen molar-refractivity contribution >= 4 is 29.0 Å². The fourth-order valence-electron chi connectivity index (χ4n) is 6.85. The smallest absolute Gasteiger partial charge is 0.290 e. The molecule has 5 nitrogen and oxygen atoms in total. The van der Waals surface area contributed by atoms with E-state index in [-0.39, 0.29) is 16.6 Å². The SMILES string of the molecule is O=C1NC(=O)/C(=C/c2ccc(-c3cc4c(c(C56CC7CC5CC7C6)c3)OCO4)cc2)S1. The third-order valence-corrected chi connectivity index (χ3v) is 8.88. The molecule has 6 aliphatic rings. The van der Waals surface area contributed by atoms with Crippen LogP contribution in [-0.2, 0) is 10.2 Å². The zero-order chi connectivity index (χ0) is 20.7. The Labute approximate surface area is 184 Å². The van der Waals surface area contributed by atoms with E-state index in [0.717, 1.165) is 57.7 Å². The van der Waals surface area contributed by atoms with Crippen LogP contribution in [0.5, 0.6) is 11.5 Å². The van der Waals surface area contributed by atoms with Gasteiger partial charge in [-0.25, -0.2) is 0 Å². The van der Waals surface area contributed by atoms with Crippen LogP contribution < -0.4 is 14.8 Å². The van der Waals surface area contributed by atoms with Crippen LogP contribution in [0.1, 0.15) is 36.8 Å². The highest BCUT2D eigenvalue weighted by atomic mass is 32.2. The Morgan fingerprint density at radius 3 is 2.42 bits per heavy atom. The number of carbonyl (C=O) groups is 2. The molecular formula is C25H21NO4S. The van der Waals surface area contributed by atoms with E-state index >= 15 is 0 Å². The highest BCUT2D eigenvalue weighted by Crippen LogP contribution is 2.72. The summed E-state index contributed by atoms with van der Waals surface area (Å²) in [5.41, 5.74) is 4.77. The zero-order valence-electron chi connectivity index (χ0n) is 16.9. The number of rotatable bonds is 3. The zero-order valence-corrected chi connectivity index (χ0v) is 17.7. The highest BCUT2D eigenvalue weighted by molar-refractivity contribution is 8.18. The number of thioether (sulfide) groups is 1. The van der Waals surface area contributed by atoms with E-state index in [4.69, 9.17) is 9.47 Å². The molecule has 156 valence electrons. The second-order valence-electron chi connectivity index (χ2n) is 9.48. The van der Waals surface area contributed by atoms with Gasteiger partial charge < -0.3 is 9.47 Å². The summed E-state index contributed by atoms with van der Waals surface area (Å²) in [4.78, 5) is 23.6. The predicted octanol–water partition coefficient (Wildman–Crippen LogP) is 5.09. The molecule has 5 fully saturated rings. The minimum atomic E-state index is -0.330. The van der Waals surface area contributed by atoms with Gasteiger partial charge in [-0.2, -0.15) is 0 Å². The highest BCUT2D eigenvalue weighted by Gasteiger charge is 2.64. The van der Waals surface area contributed by atoms with E-state index in [1.807, 2.05) is 12.1 Å². The van der Waals surface area contributed by atoms with E-state index < -0.39 is 0 Å². The normalized spacial score (nSPS) is 33.2. The summed E-state index contributed by atoms with van der Waals surface area (Å²) in [7, 11) is 0. The molecule has 2 atom stereocenters. The van der Waals surface area contributed by atoms with Crippen LogP contribution in [0.2, 0.25) is 0 Å². The van der Waals surface area contributed by atoms with Gasteiger partial charge in [0.05, 0.1) is 4.91 Å². The molecular weight excluding hydrogens is 410 g/mol. The summed E-state index contributed by atoms with van der Waals surface area (Å²) < 4.78 is 11.8. The molecule has 4 saturated carbocycles. The van der Waals surface area contributed by atoms with Crippen LogP contribution in [0.4, 0.5) is 4.79 Å². The van der Waals surface area contributed by atoms with Crippen LogP contribution in [-0.4, -0.2) is 17.9 Å². The summed E-state index contributed by atoms with van der Waals surface area (Å²) in [5, 5.41) is 1.97. The van der Waals surface area contributed by atoms with Crippen LogP contribution in [0.25, 0.3) is 17.2 Å². The molecule has 2 aromatic carbocycles. The van der Waals surface area contributed by atoms with Gasteiger partial charge in [0, 0.05) is 11.0 Å². The minimum absolute atomic E-state index is 0.271. The molecule has 2 amide bonds. The van der Waals surface area contributed by atoms with Crippen molar-refractivity contribution in [3.05, 3.63) is 52.4 Å². The van der Waals surface area contributed by atoms with Crippen molar-refractivity contribution in [1.82, 2.24) is 5.32 Å². The maximum absolute atomic E-state index is 11.8. The second kappa shape index (κ2) is 6.16. The Kier molecular flexibility index (Phi) is 3.56. The Hall–Kier alpha value is -2.73. The molecule has 2 heterocycles. The third kappa shape index (κ3) is 2.51. The quantitative estimate of drug-likeness (QED) is 0.686. The molecule has 0 radical (unpaired) electrons. The molecule has 4 bridgehead atoms. The Balaban J connectivity index is 1.26. The number of hydrogen-bond donors (Lipinski definition) is 1. The van der Waals surface area contributed by atoms with Crippen LogP contribution in [0, 0.1) is 17.8 Å². The molecule has 8 rings (SSSR count). The summed E-state index contributed by atoms with van der Waals surface area (Å²) in [5.74, 6) is 4.08. The van der Waals surface area contributed by atoms with Crippen molar-refractivity contribution in [2.24, 2.45) is 17.8 Å². The third-order valence-electron chi connectivity index (χ3n) is 8.07. The average molecular weight is 432 g/mol. The first-order valence-electron chi connectivity index (χ1n) is 10.9. The number of imide groups is 1. The lowest BCUT2D eigenvalue weighted by Crippen LogP contribution is -2.25. The standard InChI is InChI=1S/C25H21NO4S/c27-23-21(31-24(28)26-23)5-13-1-3-14(4-2-13)15-8-19(22-20(9-15)29-12-30-22)25-10-16-6-18(25)7-17(16)11-25/h1-5,8-9,16-18H,6-7,10-12H2,(H,26,27,28)/b21-5-. The maximum atomic E-state index is 11.8. The number of fused-ring (bicyclic) bond motifs is 1. The summed E-state index contributed by atoms with van der Waals surface area (Å²) in [6.07, 6.45) is 7.10. The van der Waals surface area contributed by atoms with Gasteiger partial charge >= 0.3 is 0 Å².